The lowest BCUT2D eigenvalue weighted by molar-refractivity contribution is -0.137. The number of hydrogen-bond acceptors (Lipinski definition) is 3. The average molecular weight is 296 g/mol. The van der Waals surface area contributed by atoms with Crippen molar-refractivity contribution in [1.29, 1.82) is 0 Å². The first-order valence-electron chi connectivity index (χ1n) is 5.33. The number of nitrogens with zero attached hydrogens (tertiary/aromatic N) is 2. The van der Waals surface area contributed by atoms with Crippen LogP contribution in [-0.4, -0.2) is 35.9 Å². The second-order valence-electron chi connectivity index (χ2n) is 4.15. The molecule has 1 aromatic rings. The Kier molecular flexibility index (Phi) is 4.62. The Balaban J connectivity index is 2.90. The average Bonchev–Trinajstić information content (AvgIpc) is 2.29. The van der Waals surface area contributed by atoms with Crippen molar-refractivity contribution in [2.75, 3.05) is 19.4 Å². The maximum Gasteiger partial charge on any atom is 0.417 e. The Labute approximate surface area is 113 Å². The van der Waals surface area contributed by atoms with Crippen LogP contribution in [0.15, 0.2) is 12.3 Å². The van der Waals surface area contributed by atoms with Crippen molar-refractivity contribution in [2.45, 2.75) is 19.1 Å². The van der Waals surface area contributed by atoms with Crippen molar-refractivity contribution in [3.63, 3.8) is 0 Å². The minimum atomic E-state index is -4.50. The molecule has 1 amide bonds. The molecule has 1 aromatic heterocycles. The Morgan fingerprint density at radius 2 is 2.05 bits per heavy atom. The van der Waals surface area contributed by atoms with Gasteiger partial charge in [0, 0.05) is 20.3 Å². The van der Waals surface area contributed by atoms with Crippen molar-refractivity contribution in [3.8, 4) is 0 Å². The van der Waals surface area contributed by atoms with Gasteiger partial charge in [-0.1, -0.05) is 11.6 Å². The van der Waals surface area contributed by atoms with E-state index < -0.39 is 17.8 Å². The fourth-order valence-corrected chi connectivity index (χ4v) is 1.57. The molecule has 0 aliphatic rings. The van der Waals surface area contributed by atoms with Crippen LogP contribution in [0.25, 0.3) is 0 Å². The van der Waals surface area contributed by atoms with Crippen molar-refractivity contribution in [3.05, 3.63) is 22.8 Å². The molecular formula is C11H13ClF3N3O. The monoisotopic (exact) mass is 295 g/mol. The van der Waals surface area contributed by atoms with Crippen LogP contribution in [0.2, 0.25) is 5.02 Å². The highest BCUT2D eigenvalue weighted by Gasteiger charge is 2.31. The van der Waals surface area contributed by atoms with Gasteiger partial charge >= 0.3 is 6.18 Å². The third-order valence-corrected chi connectivity index (χ3v) is 2.62. The first kappa shape index (κ1) is 15.6. The number of amides is 1. The van der Waals surface area contributed by atoms with Gasteiger partial charge in [0.1, 0.15) is 11.9 Å². The van der Waals surface area contributed by atoms with Crippen molar-refractivity contribution >= 4 is 23.3 Å². The number of halogens is 4. The third-order valence-electron chi connectivity index (χ3n) is 2.33. The summed E-state index contributed by atoms with van der Waals surface area (Å²) in [4.78, 5) is 16.5. The highest BCUT2D eigenvalue weighted by Crippen LogP contribution is 2.32. The summed E-state index contributed by atoms with van der Waals surface area (Å²) in [5.41, 5.74) is -0.936. The van der Waals surface area contributed by atoms with Gasteiger partial charge in [0.2, 0.25) is 5.91 Å². The second-order valence-corrected chi connectivity index (χ2v) is 4.56. The van der Waals surface area contributed by atoms with E-state index in [1.54, 1.807) is 21.0 Å². The number of alkyl halides is 3. The smallest absolute Gasteiger partial charge is 0.357 e. The second kappa shape index (κ2) is 5.64. The van der Waals surface area contributed by atoms with Gasteiger partial charge in [0.15, 0.2) is 0 Å². The molecule has 1 heterocycles. The normalized spacial score (nSPS) is 13.0. The van der Waals surface area contributed by atoms with Gasteiger partial charge in [0.25, 0.3) is 0 Å². The topological polar surface area (TPSA) is 45.2 Å². The van der Waals surface area contributed by atoms with Crippen molar-refractivity contribution in [1.82, 2.24) is 9.88 Å². The summed E-state index contributed by atoms with van der Waals surface area (Å²) in [5, 5.41) is 2.48. The highest BCUT2D eigenvalue weighted by atomic mass is 35.5. The molecule has 0 bridgehead atoms. The van der Waals surface area contributed by atoms with E-state index in [0.29, 0.717) is 6.20 Å². The molecule has 1 rings (SSSR count). The molecule has 1 atom stereocenters. The fraction of sp³-hybridized carbons (Fsp3) is 0.455. The Bertz CT molecular complexity index is 477. The SMILES string of the molecule is C[C@H](Nc1ncc(C(F)(F)F)cc1Cl)C(=O)N(C)C. The maximum absolute atomic E-state index is 12.4. The Morgan fingerprint density at radius 1 is 1.47 bits per heavy atom. The van der Waals surface area contributed by atoms with Gasteiger partial charge in [-0.2, -0.15) is 13.2 Å². The molecular weight excluding hydrogens is 283 g/mol. The molecule has 19 heavy (non-hydrogen) atoms. The molecule has 1 N–H and O–H groups in total. The van der Waals surface area contributed by atoms with Crippen LogP contribution in [0.1, 0.15) is 12.5 Å². The predicted molar refractivity (Wildman–Crippen MR) is 66.0 cm³/mol. The van der Waals surface area contributed by atoms with E-state index in [9.17, 15) is 18.0 Å². The molecule has 0 saturated heterocycles. The summed E-state index contributed by atoms with van der Waals surface area (Å²) in [6.07, 6.45) is -3.83. The van der Waals surface area contributed by atoms with E-state index in [4.69, 9.17) is 11.6 Å². The lowest BCUT2D eigenvalue weighted by Crippen LogP contribution is -2.36. The number of anilines is 1. The molecule has 0 spiro atoms. The molecule has 0 unspecified atom stereocenters. The van der Waals surface area contributed by atoms with Gasteiger partial charge < -0.3 is 10.2 Å². The zero-order chi connectivity index (χ0) is 14.8. The van der Waals surface area contributed by atoms with E-state index in [1.165, 1.54) is 4.90 Å². The maximum atomic E-state index is 12.4. The van der Waals surface area contributed by atoms with Gasteiger partial charge in [-0.15, -0.1) is 0 Å². The Hall–Kier alpha value is -1.50. The highest BCUT2D eigenvalue weighted by molar-refractivity contribution is 6.33. The predicted octanol–water partition coefficient (Wildman–Crippen LogP) is 2.64. The minimum absolute atomic E-state index is 0.0392. The zero-order valence-electron chi connectivity index (χ0n) is 10.5. The third kappa shape index (κ3) is 3.99. The van der Waals surface area contributed by atoms with Gasteiger partial charge in [-0.05, 0) is 13.0 Å². The van der Waals surface area contributed by atoms with Crippen LogP contribution < -0.4 is 5.32 Å². The Morgan fingerprint density at radius 3 is 2.47 bits per heavy atom. The number of carbonyl (C=O) groups is 1. The van der Waals surface area contributed by atoms with Crippen LogP contribution in [0, 0.1) is 0 Å². The lowest BCUT2D eigenvalue weighted by atomic mass is 10.2. The molecule has 0 aromatic carbocycles. The number of nitrogens with one attached hydrogen (secondary N) is 1. The fourth-order valence-electron chi connectivity index (χ4n) is 1.35. The first-order chi connectivity index (χ1) is 8.62. The van der Waals surface area contributed by atoms with Crippen LogP contribution in [0.4, 0.5) is 19.0 Å². The summed E-state index contributed by atoms with van der Waals surface area (Å²) in [6.45, 7) is 1.57. The van der Waals surface area contributed by atoms with Crippen LogP contribution >= 0.6 is 11.6 Å². The molecule has 8 heteroatoms. The van der Waals surface area contributed by atoms with Gasteiger partial charge in [-0.3, -0.25) is 4.79 Å². The number of hydrogen-bond donors (Lipinski definition) is 1. The molecule has 0 radical (unpaired) electrons. The van der Waals surface area contributed by atoms with E-state index in [-0.39, 0.29) is 16.7 Å². The van der Waals surface area contributed by atoms with Crippen molar-refractivity contribution in [2.24, 2.45) is 0 Å². The molecule has 0 aliphatic heterocycles. The summed E-state index contributed by atoms with van der Waals surface area (Å²) >= 11 is 5.71. The van der Waals surface area contributed by atoms with E-state index in [0.717, 1.165) is 6.07 Å². The number of rotatable bonds is 3. The standard InChI is InChI=1S/C11H13ClF3N3O/c1-6(10(19)18(2)3)17-9-8(12)4-7(5-16-9)11(13,14)15/h4-6H,1-3H3,(H,16,17)/t6-/m0/s1. The van der Waals surface area contributed by atoms with Gasteiger partial charge in [0.05, 0.1) is 10.6 Å². The molecule has 0 aliphatic carbocycles. The largest absolute Gasteiger partial charge is 0.417 e. The summed E-state index contributed by atoms with van der Waals surface area (Å²) in [7, 11) is 3.14. The molecule has 4 nitrogen and oxygen atoms in total. The number of likely N-dealkylation sites (N-methyl/N-ethyl adjacent to an activating group) is 1. The summed E-state index contributed by atoms with van der Waals surface area (Å²) < 4.78 is 37.2. The number of aromatic nitrogens is 1. The minimum Gasteiger partial charge on any atom is -0.357 e. The summed E-state index contributed by atoms with van der Waals surface area (Å²) in [6, 6.07) is 0.126. The van der Waals surface area contributed by atoms with Crippen LogP contribution in [0.3, 0.4) is 0 Å². The lowest BCUT2D eigenvalue weighted by Gasteiger charge is -2.19. The summed E-state index contributed by atoms with van der Waals surface area (Å²) in [5.74, 6) is -0.199. The van der Waals surface area contributed by atoms with E-state index in [2.05, 4.69) is 10.3 Å². The zero-order valence-corrected chi connectivity index (χ0v) is 11.3. The van der Waals surface area contributed by atoms with Gasteiger partial charge in [-0.25, -0.2) is 4.98 Å². The molecule has 106 valence electrons. The van der Waals surface area contributed by atoms with E-state index in [1.807, 2.05) is 0 Å². The van der Waals surface area contributed by atoms with E-state index >= 15 is 0 Å². The van der Waals surface area contributed by atoms with Crippen molar-refractivity contribution < 1.29 is 18.0 Å². The van der Waals surface area contributed by atoms with Crippen LogP contribution in [0.5, 0.6) is 0 Å². The molecule has 0 saturated carbocycles. The quantitative estimate of drug-likeness (QED) is 0.932. The number of carbonyl (C=O) groups excluding carboxylic acids is 1. The van der Waals surface area contributed by atoms with Crippen LogP contribution in [-0.2, 0) is 11.0 Å². The number of pyridine rings is 1. The first-order valence-corrected chi connectivity index (χ1v) is 5.71. The molecule has 0 fully saturated rings.